The van der Waals surface area contributed by atoms with Crippen molar-refractivity contribution < 1.29 is 10.2 Å². The molecule has 6 nitrogen and oxygen atoms in total. The van der Waals surface area contributed by atoms with E-state index in [2.05, 4.69) is 42.0 Å². The number of aromatic nitrogens is 4. The molecule has 0 radical (unpaired) electrons. The van der Waals surface area contributed by atoms with E-state index >= 15 is 0 Å². The molecule has 2 heterocycles. The van der Waals surface area contributed by atoms with Crippen molar-refractivity contribution in [2.24, 2.45) is 0 Å². The van der Waals surface area contributed by atoms with Crippen molar-refractivity contribution in [2.45, 2.75) is 40.0 Å². The van der Waals surface area contributed by atoms with Gasteiger partial charge in [0.1, 0.15) is 11.5 Å². The van der Waals surface area contributed by atoms with E-state index in [1.165, 1.54) is 11.6 Å². The second-order valence-corrected chi connectivity index (χ2v) is 7.97. The molecular formula is C22H24N4O2S. The zero-order valence-electron chi connectivity index (χ0n) is 16.9. The lowest BCUT2D eigenvalue weighted by Crippen LogP contribution is -1.99. The number of nitrogens with one attached hydrogen (secondary N) is 2. The number of nitrogens with zero attached hydrogens (tertiary/aromatic N) is 2. The molecule has 7 heteroatoms. The van der Waals surface area contributed by atoms with Crippen LogP contribution < -0.4 is 0 Å². The molecule has 0 unspecified atom stereocenters. The molecule has 4 N–H and O–H groups in total. The third-order valence-electron chi connectivity index (χ3n) is 5.35. The first-order valence-corrected chi connectivity index (χ1v) is 10.1. The van der Waals surface area contributed by atoms with Crippen LogP contribution in [0.1, 0.15) is 43.5 Å². The second-order valence-electron chi connectivity index (χ2n) is 7.59. The number of hydrogen-bond donors (Lipinski definition) is 4. The lowest BCUT2D eigenvalue weighted by Gasteiger charge is -2.12. The molecule has 150 valence electrons. The average molecular weight is 409 g/mol. The Morgan fingerprint density at radius 1 is 1.14 bits per heavy atom. The number of phenols is 2. The molecule has 2 aromatic carbocycles. The van der Waals surface area contributed by atoms with Gasteiger partial charge in [0.2, 0.25) is 0 Å². The van der Waals surface area contributed by atoms with Crippen LogP contribution in [0.2, 0.25) is 0 Å². The maximum Gasteiger partial charge on any atom is 0.200 e. The van der Waals surface area contributed by atoms with Crippen molar-refractivity contribution in [3.63, 3.8) is 0 Å². The molecule has 4 aromatic rings. The van der Waals surface area contributed by atoms with Gasteiger partial charge >= 0.3 is 0 Å². The lowest BCUT2D eigenvalue weighted by atomic mass is 9.99. The smallest absolute Gasteiger partial charge is 0.200 e. The third kappa shape index (κ3) is 3.11. The van der Waals surface area contributed by atoms with Crippen LogP contribution in [0.4, 0.5) is 0 Å². The molecule has 0 aliphatic carbocycles. The number of fused-ring (bicyclic) bond motifs is 1. The minimum absolute atomic E-state index is 0.0450. The van der Waals surface area contributed by atoms with Crippen molar-refractivity contribution in [1.82, 2.24) is 19.7 Å². The zero-order chi connectivity index (χ0) is 20.9. The summed E-state index contributed by atoms with van der Waals surface area (Å²) in [5.41, 5.74) is 5.62. The van der Waals surface area contributed by atoms with E-state index in [1.54, 1.807) is 6.07 Å². The van der Waals surface area contributed by atoms with Crippen molar-refractivity contribution in [2.75, 3.05) is 0 Å². The molecule has 0 saturated heterocycles. The van der Waals surface area contributed by atoms with Gasteiger partial charge in [-0.1, -0.05) is 20.8 Å². The average Bonchev–Trinajstić information content (AvgIpc) is 3.20. The van der Waals surface area contributed by atoms with Crippen LogP contribution in [0.15, 0.2) is 30.3 Å². The molecule has 0 aliphatic heterocycles. The van der Waals surface area contributed by atoms with Gasteiger partial charge in [0, 0.05) is 22.7 Å². The predicted molar refractivity (Wildman–Crippen MR) is 118 cm³/mol. The Bertz CT molecular complexity index is 1280. The number of hydrogen-bond acceptors (Lipinski definition) is 4. The highest BCUT2D eigenvalue weighted by Gasteiger charge is 2.18. The molecule has 4 rings (SSSR count). The first-order valence-electron chi connectivity index (χ1n) is 9.67. The number of rotatable bonds is 4. The summed E-state index contributed by atoms with van der Waals surface area (Å²) in [5, 5.41) is 28.9. The van der Waals surface area contributed by atoms with Crippen LogP contribution in [0.3, 0.4) is 0 Å². The monoisotopic (exact) mass is 408 g/mol. The summed E-state index contributed by atoms with van der Waals surface area (Å²) in [5.74, 6) is 0.903. The largest absolute Gasteiger partial charge is 0.508 e. The summed E-state index contributed by atoms with van der Waals surface area (Å²) in [6.45, 7) is 8.39. The molecule has 0 amide bonds. The van der Waals surface area contributed by atoms with Crippen LogP contribution in [0.25, 0.3) is 28.0 Å². The van der Waals surface area contributed by atoms with Gasteiger partial charge in [-0.05, 0) is 66.9 Å². The van der Waals surface area contributed by atoms with E-state index in [9.17, 15) is 10.2 Å². The Labute approximate surface area is 173 Å². The van der Waals surface area contributed by atoms with Crippen LogP contribution in [-0.2, 0) is 6.42 Å². The second kappa shape index (κ2) is 7.08. The van der Waals surface area contributed by atoms with Crippen molar-refractivity contribution in [3.05, 3.63) is 51.9 Å². The topological polar surface area (TPSA) is 89.9 Å². The van der Waals surface area contributed by atoms with Crippen molar-refractivity contribution >= 4 is 23.1 Å². The fourth-order valence-electron chi connectivity index (χ4n) is 4.02. The molecule has 0 bridgehead atoms. The van der Waals surface area contributed by atoms with Gasteiger partial charge < -0.3 is 15.2 Å². The van der Waals surface area contributed by atoms with Gasteiger partial charge in [-0.3, -0.25) is 9.67 Å². The highest BCUT2D eigenvalue weighted by atomic mass is 32.1. The number of phenolic OH excluding ortho intramolecular Hbond substituents is 2. The normalized spacial score (nSPS) is 11.6. The molecular weight excluding hydrogens is 384 g/mol. The van der Waals surface area contributed by atoms with Gasteiger partial charge in [0.25, 0.3) is 0 Å². The van der Waals surface area contributed by atoms with Crippen LogP contribution in [0, 0.1) is 11.7 Å². The highest BCUT2D eigenvalue weighted by molar-refractivity contribution is 7.71. The van der Waals surface area contributed by atoms with Gasteiger partial charge in [-0.25, -0.2) is 0 Å². The standard InChI is InChI=1S/C22H24N4O2S/c1-5-13-8-16(19(28)10-18(13)27)21-24-25-22(29)26(21)14-6-7-17-15(9-14)20(11(2)3)12(4)23-17/h6-11,23,27-28H,5H2,1-4H3,(H,25,29). The van der Waals surface area contributed by atoms with Crippen molar-refractivity contribution in [1.29, 1.82) is 0 Å². The maximum atomic E-state index is 10.5. The SMILES string of the molecule is CCc1cc(-c2n[nH]c(=S)n2-c2ccc3[nH]c(C)c(C(C)C)c3c2)c(O)cc1O. The fraction of sp³-hybridized carbons (Fsp3) is 0.273. The Kier molecular flexibility index (Phi) is 4.70. The predicted octanol–water partition coefficient (Wildman–Crippen LogP) is 5.48. The highest BCUT2D eigenvalue weighted by Crippen LogP contribution is 2.36. The summed E-state index contributed by atoms with van der Waals surface area (Å²) >= 11 is 5.50. The van der Waals surface area contributed by atoms with E-state index in [0.29, 0.717) is 28.5 Å². The molecule has 0 aliphatic rings. The van der Waals surface area contributed by atoms with E-state index in [4.69, 9.17) is 12.2 Å². The Hall–Kier alpha value is -3.06. The van der Waals surface area contributed by atoms with E-state index in [1.807, 2.05) is 23.6 Å². The van der Waals surface area contributed by atoms with Gasteiger partial charge in [-0.15, -0.1) is 0 Å². The first kappa shape index (κ1) is 19.3. The number of H-pyrrole nitrogens is 2. The third-order valence-corrected chi connectivity index (χ3v) is 5.62. The molecule has 0 saturated carbocycles. The summed E-state index contributed by atoms with van der Waals surface area (Å²) < 4.78 is 2.25. The fourth-order valence-corrected chi connectivity index (χ4v) is 4.26. The number of aromatic hydroxyl groups is 2. The summed E-state index contributed by atoms with van der Waals surface area (Å²) in [4.78, 5) is 3.45. The molecule has 0 atom stereocenters. The number of benzene rings is 2. The zero-order valence-corrected chi connectivity index (χ0v) is 17.7. The maximum absolute atomic E-state index is 10.5. The van der Waals surface area contributed by atoms with Crippen molar-refractivity contribution in [3.8, 4) is 28.6 Å². The van der Waals surface area contributed by atoms with Gasteiger partial charge in [-0.2, -0.15) is 5.10 Å². The Morgan fingerprint density at radius 2 is 1.90 bits per heavy atom. The van der Waals surface area contributed by atoms with E-state index in [-0.39, 0.29) is 11.5 Å². The molecule has 2 aromatic heterocycles. The van der Waals surface area contributed by atoms with Gasteiger partial charge in [0.15, 0.2) is 10.6 Å². The molecule has 0 fully saturated rings. The molecule has 29 heavy (non-hydrogen) atoms. The Morgan fingerprint density at radius 3 is 2.59 bits per heavy atom. The first-order chi connectivity index (χ1) is 13.8. The summed E-state index contributed by atoms with van der Waals surface area (Å²) in [6, 6.07) is 9.23. The molecule has 0 spiro atoms. The van der Waals surface area contributed by atoms with Crippen LogP contribution in [0.5, 0.6) is 11.5 Å². The van der Waals surface area contributed by atoms with Crippen LogP contribution in [-0.4, -0.2) is 30.0 Å². The minimum Gasteiger partial charge on any atom is -0.508 e. The summed E-state index contributed by atoms with van der Waals surface area (Å²) in [7, 11) is 0. The lowest BCUT2D eigenvalue weighted by molar-refractivity contribution is 0.447. The quantitative estimate of drug-likeness (QED) is 0.336. The minimum atomic E-state index is -0.0450. The summed E-state index contributed by atoms with van der Waals surface area (Å²) in [6.07, 6.45) is 0.636. The van der Waals surface area contributed by atoms with Crippen LogP contribution >= 0.6 is 12.2 Å². The number of aryl methyl sites for hydroxylation is 2. The van der Waals surface area contributed by atoms with E-state index in [0.717, 1.165) is 27.8 Å². The Balaban J connectivity index is 1.96. The number of aromatic amines is 2. The van der Waals surface area contributed by atoms with E-state index < -0.39 is 0 Å². The van der Waals surface area contributed by atoms with Gasteiger partial charge in [0.05, 0.1) is 11.3 Å².